The van der Waals surface area contributed by atoms with Crippen molar-refractivity contribution in [2.75, 3.05) is 6.54 Å². The molecule has 2 heteroatoms. The van der Waals surface area contributed by atoms with Gasteiger partial charge in [0.25, 0.3) is 0 Å². The summed E-state index contributed by atoms with van der Waals surface area (Å²) >= 11 is 0. The lowest BCUT2D eigenvalue weighted by Crippen LogP contribution is -2.42. The number of rotatable bonds is 6. The summed E-state index contributed by atoms with van der Waals surface area (Å²) in [6, 6.07) is 9.22. The van der Waals surface area contributed by atoms with Gasteiger partial charge in [-0.15, -0.1) is 0 Å². The van der Waals surface area contributed by atoms with E-state index in [1.165, 1.54) is 17.5 Å². The molecule has 1 saturated carbocycles. The Kier molecular flexibility index (Phi) is 5.83. The van der Waals surface area contributed by atoms with E-state index in [1.54, 1.807) is 0 Å². The minimum absolute atomic E-state index is 0.295. The third kappa shape index (κ3) is 5.12. The zero-order chi connectivity index (χ0) is 15.3. The standard InChI is InChI=1S/C19H31NO/c1-15(2)13-17-7-9-18(10-8-17)16(3)20-14-19(21)11-5-4-6-12-19/h7-10,15-16,20-21H,4-6,11-14H2,1-3H3. The van der Waals surface area contributed by atoms with Crippen LogP contribution in [-0.4, -0.2) is 17.3 Å². The molecule has 0 spiro atoms. The Morgan fingerprint density at radius 3 is 2.24 bits per heavy atom. The molecule has 0 aromatic heterocycles. The third-order valence-electron chi connectivity index (χ3n) is 4.65. The quantitative estimate of drug-likeness (QED) is 0.821. The average Bonchev–Trinajstić information content (AvgIpc) is 2.46. The number of hydrogen-bond acceptors (Lipinski definition) is 2. The maximum absolute atomic E-state index is 10.5. The highest BCUT2D eigenvalue weighted by atomic mass is 16.3. The molecule has 0 aliphatic heterocycles. The predicted octanol–water partition coefficient (Wildman–Crippen LogP) is 4.23. The van der Waals surface area contributed by atoms with Gasteiger partial charge < -0.3 is 10.4 Å². The van der Waals surface area contributed by atoms with E-state index in [1.807, 2.05) is 0 Å². The first-order valence-corrected chi connectivity index (χ1v) is 8.53. The number of aliphatic hydroxyl groups is 1. The molecule has 118 valence electrons. The van der Waals surface area contributed by atoms with Gasteiger partial charge in [-0.3, -0.25) is 0 Å². The van der Waals surface area contributed by atoms with E-state index in [0.29, 0.717) is 18.5 Å². The number of hydrogen-bond donors (Lipinski definition) is 2. The molecule has 0 heterocycles. The Hall–Kier alpha value is -0.860. The second kappa shape index (κ2) is 7.42. The molecule has 0 radical (unpaired) electrons. The van der Waals surface area contributed by atoms with Gasteiger partial charge in [-0.05, 0) is 43.2 Å². The van der Waals surface area contributed by atoms with E-state index in [9.17, 15) is 5.11 Å². The molecule has 1 aliphatic carbocycles. The summed E-state index contributed by atoms with van der Waals surface area (Å²) in [6.45, 7) is 7.40. The molecule has 1 aromatic rings. The maximum atomic E-state index is 10.5. The van der Waals surface area contributed by atoms with Crippen molar-refractivity contribution in [3.05, 3.63) is 35.4 Å². The van der Waals surface area contributed by atoms with Crippen molar-refractivity contribution >= 4 is 0 Å². The van der Waals surface area contributed by atoms with Crippen LogP contribution >= 0.6 is 0 Å². The van der Waals surface area contributed by atoms with E-state index < -0.39 is 5.60 Å². The second-order valence-corrected chi connectivity index (χ2v) is 7.23. The van der Waals surface area contributed by atoms with Crippen LogP contribution in [0, 0.1) is 5.92 Å². The molecular weight excluding hydrogens is 258 g/mol. The van der Waals surface area contributed by atoms with E-state index in [0.717, 1.165) is 32.1 Å². The van der Waals surface area contributed by atoms with Gasteiger partial charge in [0.1, 0.15) is 0 Å². The van der Waals surface area contributed by atoms with Crippen LogP contribution in [0.1, 0.15) is 70.0 Å². The van der Waals surface area contributed by atoms with Crippen LogP contribution < -0.4 is 5.32 Å². The topological polar surface area (TPSA) is 32.3 Å². The van der Waals surface area contributed by atoms with Crippen molar-refractivity contribution in [3.63, 3.8) is 0 Å². The monoisotopic (exact) mass is 289 g/mol. The SMILES string of the molecule is CC(C)Cc1ccc(C(C)NCC2(O)CCCCC2)cc1. The highest BCUT2D eigenvalue weighted by Gasteiger charge is 2.29. The first kappa shape index (κ1) is 16.5. The summed E-state index contributed by atoms with van der Waals surface area (Å²) in [4.78, 5) is 0. The predicted molar refractivity (Wildman–Crippen MR) is 89.4 cm³/mol. The van der Waals surface area contributed by atoms with Crippen LogP contribution in [0.15, 0.2) is 24.3 Å². The molecule has 21 heavy (non-hydrogen) atoms. The summed E-state index contributed by atoms with van der Waals surface area (Å²) in [6.07, 6.45) is 6.63. The molecule has 2 N–H and O–H groups in total. The number of nitrogens with one attached hydrogen (secondary N) is 1. The zero-order valence-electron chi connectivity index (χ0n) is 13.9. The van der Waals surface area contributed by atoms with E-state index in [2.05, 4.69) is 50.4 Å². The molecule has 2 nitrogen and oxygen atoms in total. The Balaban J connectivity index is 1.86. The molecule has 1 unspecified atom stereocenters. The van der Waals surface area contributed by atoms with Gasteiger partial charge in [0.2, 0.25) is 0 Å². The summed E-state index contributed by atoms with van der Waals surface area (Å²) in [5.74, 6) is 0.701. The lowest BCUT2D eigenvalue weighted by molar-refractivity contribution is 0.00300. The summed E-state index contributed by atoms with van der Waals surface area (Å²) < 4.78 is 0. The van der Waals surface area contributed by atoms with Gasteiger partial charge >= 0.3 is 0 Å². The van der Waals surface area contributed by atoms with Gasteiger partial charge in [0, 0.05) is 12.6 Å². The van der Waals surface area contributed by atoms with Crippen molar-refractivity contribution in [2.24, 2.45) is 5.92 Å². The Bertz CT molecular complexity index is 418. The van der Waals surface area contributed by atoms with Crippen LogP contribution in [0.5, 0.6) is 0 Å². The van der Waals surface area contributed by atoms with Gasteiger partial charge in [0.05, 0.1) is 5.60 Å². The highest BCUT2D eigenvalue weighted by molar-refractivity contribution is 5.25. The number of benzene rings is 1. The molecule has 1 fully saturated rings. The molecule has 1 aliphatic rings. The Morgan fingerprint density at radius 2 is 1.67 bits per heavy atom. The van der Waals surface area contributed by atoms with Crippen LogP contribution in [0.3, 0.4) is 0 Å². The van der Waals surface area contributed by atoms with Gasteiger partial charge in [-0.25, -0.2) is 0 Å². The highest BCUT2D eigenvalue weighted by Crippen LogP contribution is 2.28. The fourth-order valence-corrected chi connectivity index (χ4v) is 3.26. The maximum Gasteiger partial charge on any atom is 0.0771 e. The fourth-order valence-electron chi connectivity index (χ4n) is 3.26. The van der Waals surface area contributed by atoms with E-state index in [-0.39, 0.29) is 0 Å². The van der Waals surface area contributed by atoms with E-state index >= 15 is 0 Å². The zero-order valence-corrected chi connectivity index (χ0v) is 13.9. The summed E-state index contributed by atoms with van der Waals surface area (Å²) in [7, 11) is 0. The Labute approximate surface area is 130 Å². The van der Waals surface area contributed by atoms with Gasteiger partial charge in [-0.2, -0.15) is 0 Å². The van der Waals surface area contributed by atoms with Crippen molar-refractivity contribution in [2.45, 2.75) is 70.9 Å². The van der Waals surface area contributed by atoms with Gasteiger partial charge in [-0.1, -0.05) is 57.4 Å². The van der Waals surface area contributed by atoms with Crippen LogP contribution in [0.4, 0.5) is 0 Å². The van der Waals surface area contributed by atoms with Gasteiger partial charge in [0.15, 0.2) is 0 Å². The minimum Gasteiger partial charge on any atom is -0.389 e. The summed E-state index contributed by atoms with van der Waals surface area (Å²) in [5.41, 5.74) is 2.23. The van der Waals surface area contributed by atoms with Crippen LogP contribution in [0.25, 0.3) is 0 Å². The van der Waals surface area contributed by atoms with Crippen LogP contribution in [-0.2, 0) is 6.42 Å². The molecule has 0 saturated heterocycles. The van der Waals surface area contributed by atoms with Crippen LogP contribution in [0.2, 0.25) is 0 Å². The van der Waals surface area contributed by atoms with E-state index in [4.69, 9.17) is 0 Å². The molecule has 1 atom stereocenters. The molecule has 0 amide bonds. The summed E-state index contributed by atoms with van der Waals surface area (Å²) in [5, 5.41) is 14.1. The molecule has 2 rings (SSSR count). The lowest BCUT2D eigenvalue weighted by atomic mass is 9.84. The smallest absolute Gasteiger partial charge is 0.0771 e. The minimum atomic E-state index is -0.482. The fraction of sp³-hybridized carbons (Fsp3) is 0.684. The van der Waals surface area contributed by atoms with Crippen molar-refractivity contribution < 1.29 is 5.11 Å². The second-order valence-electron chi connectivity index (χ2n) is 7.23. The first-order valence-electron chi connectivity index (χ1n) is 8.53. The molecule has 1 aromatic carbocycles. The Morgan fingerprint density at radius 1 is 1.05 bits per heavy atom. The van der Waals surface area contributed by atoms with Crippen molar-refractivity contribution in [1.29, 1.82) is 0 Å². The van der Waals surface area contributed by atoms with Crippen molar-refractivity contribution in [1.82, 2.24) is 5.32 Å². The lowest BCUT2D eigenvalue weighted by Gasteiger charge is -2.33. The molecule has 0 bridgehead atoms. The largest absolute Gasteiger partial charge is 0.389 e. The first-order chi connectivity index (χ1) is 9.98. The molecular formula is C19H31NO. The van der Waals surface area contributed by atoms with Crippen molar-refractivity contribution in [3.8, 4) is 0 Å². The average molecular weight is 289 g/mol. The third-order valence-corrected chi connectivity index (χ3v) is 4.65. The normalized spacial score (nSPS) is 19.7.